The molecule has 3 heterocycles. The molecule has 0 radical (unpaired) electrons. The van der Waals surface area contributed by atoms with Crippen LogP contribution in [0.4, 0.5) is 10.7 Å². The first-order chi connectivity index (χ1) is 9.78. The van der Waals surface area contributed by atoms with E-state index in [1.165, 1.54) is 23.4 Å². The van der Waals surface area contributed by atoms with Gasteiger partial charge in [-0.25, -0.2) is 4.98 Å². The summed E-state index contributed by atoms with van der Waals surface area (Å²) in [5.41, 5.74) is 8.10. The van der Waals surface area contributed by atoms with Gasteiger partial charge in [0.05, 0.1) is 17.2 Å². The molecular formula is C14H15N5S. The van der Waals surface area contributed by atoms with Gasteiger partial charge in [-0.3, -0.25) is 0 Å². The molecule has 0 aromatic carbocycles. The molecule has 0 amide bonds. The van der Waals surface area contributed by atoms with Gasteiger partial charge in [0.2, 0.25) is 0 Å². The molecule has 6 heteroatoms. The summed E-state index contributed by atoms with van der Waals surface area (Å²) in [4.78, 5) is 7.40. The van der Waals surface area contributed by atoms with Crippen molar-refractivity contribution in [1.29, 1.82) is 5.26 Å². The first-order valence-corrected chi connectivity index (χ1v) is 7.66. The van der Waals surface area contributed by atoms with Crippen LogP contribution in [0.5, 0.6) is 0 Å². The quantitative estimate of drug-likeness (QED) is 0.919. The molecule has 20 heavy (non-hydrogen) atoms. The highest BCUT2D eigenvalue weighted by molar-refractivity contribution is 7.17. The predicted molar refractivity (Wildman–Crippen MR) is 78.7 cm³/mol. The van der Waals surface area contributed by atoms with Gasteiger partial charge in [-0.15, -0.1) is 11.3 Å². The maximum atomic E-state index is 9.23. The molecule has 102 valence electrons. The van der Waals surface area contributed by atoms with Crippen LogP contribution < -0.4 is 10.6 Å². The van der Waals surface area contributed by atoms with E-state index in [9.17, 15) is 5.26 Å². The van der Waals surface area contributed by atoms with Gasteiger partial charge in [0, 0.05) is 31.0 Å². The number of nitrogen functional groups attached to an aromatic ring is 1. The van der Waals surface area contributed by atoms with Crippen LogP contribution in [0.25, 0.3) is 0 Å². The molecule has 0 unspecified atom stereocenters. The van der Waals surface area contributed by atoms with Crippen LogP contribution in [-0.2, 0) is 13.1 Å². The zero-order valence-corrected chi connectivity index (χ0v) is 11.9. The summed E-state index contributed by atoms with van der Waals surface area (Å²) in [6, 6.07) is 2.24. The number of nitrogens with two attached hydrogens (primary N) is 1. The first kappa shape index (κ1) is 11.8. The third kappa shape index (κ3) is 1.70. The zero-order chi connectivity index (χ0) is 13.7. The van der Waals surface area contributed by atoms with Gasteiger partial charge in [-0.2, -0.15) is 5.26 Å². The van der Waals surface area contributed by atoms with E-state index in [0.29, 0.717) is 16.5 Å². The maximum absolute atomic E-state index is 9.23. The molecule has 2 aliphatic rings. The van der Waals surface area contributed by atoms with Crippen molar-refractivity contribution in [2.24, 2.45) is 0 Å². The van der Waals surface area contributed by atoms with E-state index in [4.69, 9.17) is 5.73 Å². The number of anilines is 2. The van der Waals surface area contributed by atoms with Crippen molar-refractivity contribution in [3.8, 4) is 6.07 Å². The number of nitrogens with zero attached hydrogens (tertiary/aromatic N) is 4. The first-order valence-electron chi connectivity index (χ1n) is 6.85. The fourth-order valence-corrected chi connectivity index (χ4v) is 4.01. The van der Waals surface area contributed by atoms with Gasteiger partial charge in [0.25, 0.3) is 0 Å². The number of rotatable bonds is 2. The van der Waals surface area contributed by atoms with Crippen molar-refractivity contribution in [2.45, 2.75) is 31.8 Å². The molecule has 4 rings (SSSR count). The van der Waals surface area contributed by atoms with E-state index in [2.05, 4.69) is 20.5 Å². The second kappa shape index (κ2) is 4.25. The van der Waals surface area contributed by atoms with E-state index in [0.717, 1.165) is 25.5 Å². The van der Waals surface area contributed by atoms with Gasteiger partial charge in [0.1, 0.15) is 16.8 Å². The second-order valence-electron chi connectivity index (χ2n) is 5.41. The summed E-state index contributed by atoms with van der Waals surface area (Å²) in [7, 11) is 0. The molecule has 2 aromatic rings. The average Bonchev–Trinajstić information content (AvgIpc) is 3.09. The van der Waals surface area contributed by atoms with Crippen LogP contribution in [0.3, 0.4) is 0 Å². The van der Waals surface area contributed by atoms with Crippen LogP contribution in [-0.4, -0.2) is 16.1 Å². The van der Waals surface area contributed by atoms with E-state index < -0.39 is 0 Å². The van der Waals surface area contributed by atoms with E-state index in [1.807, 2.05) is 12.4 Å². The summed E-state index contributed by atoms with van der Waals surface area (Å²) >= 11 is 1.54. The van der Waals surface area contributed by atoms with Crippen LogP contribution in [0.15, 0.2) is 12.4 Å². The van der Waals surface area contributed by atoms with Crippen LogP contribution >= 0.6 is 11.3 Å². The molecule has 5 nitrogen and oxygen atoms in total. The lowest BCUT2D eigenvalue weighted by Gasteiger charge is -2.29. The molecule has 2 N–H and O–H groups in total. The minimum absolute atomic E-state index is 0.560. The Hall–Kier alpha value is -2.00. The van der Waals surface area contributed by atoms with Gasteiger partial charge < -0.3 is 15.2 Å². The number of aromatic nitrogens is 2. The standard InChI is InChI=1S/C14H15N5S/c15-7-10-13(16)12(9-1-2-9)14(20-10)19-6-5-18-4-3-17-11(18)8-19/h3-4,9H,1-2,5-6,8,16H2. The van der Waals surface area contributed by atoms with Crippen molar-refractivity contribution < 1.29 is 0 Å². The summed E-state index contributed by atoms with van der Waals surface area (Å²) in [6.07, 6.45) is 6.27. The van der Waals surface area contributed by atoms with Crippen LogP contribution in [0.2, 0.25) is 0 Å². The zero-order valence-electron chi connectivity index (χ0n) is 11.0. The van der Waals surface area contributed by atoms with Gasteiger partial charge >= 0.3 is 0 Å². The molecule has 0 atom stereocenters. The Kier molecular flexibility index (Phi) is 2.51. The molecule has 2 aromatic heterocycles. The van der Waals surface area contributed by atoms with Crippen LogP contribution in [0, 0.1) is 11.3 Å². The Morgan fingerprint density at radius 1 is 1.40 bits per heavy atom. The normalized spacial score (nSPS) is 17.9. The summed E-state index contributed by atoms with van der Waals surface area (Å²) in [5.74, 6) is 1.65. The van der Waals surface area contributed by atoms with Crippen molar-refractivity contribution in [3.05, 3.63) is 28.7 Å². The maximum Gasteiger partial charge on any atom is 0.130 e. The number of fused-ring (bicyclic) bond motifs is 1. The van der Waals surface area contributed by atoms with E-state index in [1.54, 1.807) is 11.3 Å². The number of imidazole rings is 1. The monoisotopic (exact) mass is 285 g/mol. The molecule has 0 spiro atoms. The van der Waals surface area contributed by atoms with E-state index in [-0.39, 0.29) is 0 Å². The predicted octanol–water partition coefficient (Wildman–Crippen LogP) is 2.30. The largest absolute Gasteiger partial charge is 0.397 e. The minimum atomic E-state index is 0.560. The summed E-state index contributed by atoms with van der Waals surface area (Å²) in [5, 5.41) is 10.4. The topological polar surface area (TPSA) is 70.9 Å². The summed E-state index contributed by atoms with van der Waals surface area (Å²) in [6.45, 7) is 2.70. The fourth-order valence-electron chi connectivity index (χ4n) is 2.88. The molecule has 1 aliphatic carbocycles. The number of thiophene rings is 1. The Morgan fingerprint density at radius 2 is 2.25 bits per heavy atom. The number of nitriles is 1. The molecular weight excluding hydrogens is 270 g/mol. The average molecular weight is 285 g/mol. The molecule has 1 aliphatic heterocycles. The highest BCUT2D eigenvalue weighted by Gasteiger charge is 2.34. The summed E-state index contributed by atoms with van der Waals surface area (Å²) < 4.78 is 2.19. The van der Waals surface area contributed by atoms with E-state index >= 15 is 0 Å². The number of hydrogen-bond donors (Lipinski definition) is 1. The fraction of sp³-hybridized carbons (Fsp3) is 0.429. The van der Waals surface area contributed by atoms with Crippen molar-refractivity contribution in [3.63, 3.8) is 0 Å². The van der Waals surface area contributed by atoms with Crippen molar-refractivity contribution in [1.82, 2.24) is 9.55 Å². The highest BCUT2D eigenvalue weighted by Crippen LogP contribution is 2.52. The lowest BCUT2D eigenvalue weighted by Crippen LogP contribution is -2.33. The molecule has 0 saturated heterocycles. The minimum Gasteiger partial charge on any atom is -0.397 e. The lowest BCUT2D eigenvalue weighted by molar-refractivity contribution is 0.561. The molecule has 1 saturated carbocycles. The SMILES string of the molecule is N#Cc1sc(N2CCn3ccnc3C2)c(C2CC2)c1N. The Balaban J connectivity index is 1.74. The van der Waals surface area contributed by atoms with Crippen molar-refractivity contribution in [2.75, 3.05) is 17.2 Å². The Morgan fingerprint density at radius 3 is 3.00 bits per heavy atom. The van der Waals surface area contributed by atoms with Gasteiger partial charge in [-0.1, -0.05) is 0 Å². The second-order valence-corrected chi connectivity index (χ2v) is 6.41. The smallest absolute Gasteiger partial charge is 0.130 e. The third-order valence-electron chi connectivity index (χ3n) is 4.08. The molecule has 1 fully saturated rings. The van der Waals surface area contributed by atoms with Crippen LogP contribution in [0.1, 0.15) is 35.0 Å². The van der Waals surface area contributed by atoms with Gasteiger partial charge in [-0.05, 0) is 18.8 Å². The Labute approximate surface area is 121 Å². The highest BCUT2D eigenvalue weighted by atomic mass is 32.1. The Bertz CT molecular complexity index is 704. The third-order valence-corrected chi connectivity index (χ3v) is 5.27. The number of hydrogen-bond acceptors (Lipinski definition) is 5. The van der Waals surface area contributed by atoms with Gasteiger partial charge in [0.15, 0.2) is 0 Å². The van der Waals surface area contributed by atoms with Crippen molar-refractivity contribution >= 4 is 22.0 Å². The molecule has 0 bridgehead atoms. The lowest BCUT2D eigenvalue weighted by atomic mass is 10.1.